The predicted octanol–water partition coefficient (Wildman–Crippen LogP) is 4.12. The van der Waals surface area contributed by atoms with E-state index in [1.165, 1.54) is 5.01 Å². The minimum Gasteiger partial charge on any atom is -0.378 e. The van der Waals surface area contributed by atoms with Gasteiger partial charge < -0.3 is 4.90 Å². The van der Waals surface area contributed by atoms with E-state index in [2.05, 4.69) is 4.72 Å². The van der Waals surface area contributed by atoms with Gasteiger partial charge in [0.05, 0.1) is 18.0 Å². The Morgan fingerprint density at radius 2 is 1.70 bits per heavy atom. The number of hydrogen-bond acceptors (Lipinski definition) is 5. The van der Waals surface area contributed by atoms with E-state index < -0.39 is 10.0 Å². The minimum atomic E-state index is -3.40. The van der Waals surface area contributed by atoms with Gasteiger partial charge in [0.25, 0.3) is 5.91 Å². The summed E-state index contributed by atoms with van der Waals surface area (Å²) in [7, 11) is 0.560. The maximum Gasteiger partial charge on any atom is 0.274 e. The highest BCUT2D eigenvalue weighted by atomic mass is 32.2. The molecule has 170 valence electrons. The topological polar surface area (TPSA) is 82.1 Å². The molecule has 1 aliphatic rings. The fourth-order valence-corrected chi connectivity index (χ4v) is 4.37. The van der Waals surface area contributed by atoms with Crippen LogP contribution in [0.1, 0.15) is 33.9 Å². The van der Waals surface area contributed by atoms with Crippen LogP contribution in [0.2, 0.25) is 0 Å². The molecule has 0 radical (unpaired) electrons. The fourth-order valence-electron chi connectivity index (χ4n) is 3.82. The zero-order valence-corrected chi connectivity index (χ0v) is 19.6. The van der Waals surface area contributed by atoms with Crippen molar-refractivity contribution in [3.05, 3.63) is 95.6 Å². The fraction of sp³-hybridized carbons (Fsp3) is 0.200. The van der Waals surface area contributed by atoms with Crippen LogP contribution in [-0.2, 0) is 10.0 Å². The molecule has 0 fully saturated rings. The number of rotatable bonds is 6. The number of hydrogen-bond donors (Lipinski definition) is 1. The number of anilines is 2. The lowest BCUT2D eigenvalue weighted by molar-refractivity contribution is 0.0711. The summed E-state index contributed by atoms with van der Waals surface area (Å²) in [6.45, 7) is 0. The first kappa shape index (κ1) is 22.5. The zero-order chi connectivity index (χ0) is 23.6. The molecule has 0 saturated carbocycles. The SMILES string of the molecule is CN(C)c1ccc(C2CC(c3cccc(NS(C)(=O)=O)c3)=NN2C(=O)c2ccccc2)cc1. The summed E-state index contributed by atoms with van der Waals surface area (Å²) in [6, 6.07) is 24.0. The highest BCUT2D eigenvalue weighted by Gasteiger charge is 2.33. The van der Waals surface area contributed by atoms with Gasteiger partial charge in [0, 0.05) is 37.5 Å². The summed E-state index contributed by atoms with van der Waals surface area (Å²) in [5.41, 5.74) is 4.55. The molecular weight excluding hydrogens is 436 g/mol. The molecule has 1 atom stereocenters. The Balaban J connectivity index is 1.71. The van der Waals surface area contributed by atoms with Gasteiger partial charge in [-0.25, -0.2) is 13.4 Å². The van der Waals surface area contributed by atoms with Crippen LogP contribution in [0, 0.1) is 0 Å². The Kier molecular flexibility index (Phi) is 6.20. The molecule has 1 amide bonds. The molecule has 0 aromatic heterocycles. The number of nitrogens with one attached hydrogen (secondary N) is 1. The van der Waals surface area contributed by atoms with Crippen LogP contribution < -0.4 is 9.62 Å². The van der Waals surface area contributed by atoms with E-state index in [0.717, 1.165) is 28.8 Å². The monoisotopic (exact) mass is 462 g/mol. The standard InChI is InChI=1S/C25H26N4O3S/c1-28(2)22-14-12-18(13-15-22)24-17-23(20-10-7-11-21(16-20)27-33(3,31)32)26-29(24)25(30)19-8-5-4-6-9-19/h4-16,24,27H,17H2,1-3H3. The van der Waals surface area contributed by atoms with E-state index in [1.807, 2.05) is 67.5 Å². The van der Waals surface area contributed by atoms with Gasteiger partial charge in [-0.15, -0.1) is 0 Å². The van der Waals surface area contributed by atoms with Crippen molar-refractivity contribution in [2.45, 2.75) is 12.5 Å². The highest BCUT2D eigenvalue weighted by molar-refractivity contribution is 7.92. The van der Waals surface area contributed by atoms with Crippen LogP contribution in [0.5, 0.6) is 0 Å². The molecule has 33 heavy (non-hydrogen) atoms. The summed E-state index contributed by atoms with van der Waals surface area (Å²) < 4.78 is 25.8. The number of benzene rings is 3. The van der Waals surface area contributed by atoms with Gasteiger partial charge in [0.15, 0.2) is 0 Å². The lowest BCUT2D eigenvalue weighted by Gasteiger charge is -2.23. The Morgan fingerprint density at radius 1 is 1.00 bits per heavy atom. The molecule has 4 rings (SSSR count). The van der Waals surface area contributed by atoms with Crippen LogP contribution >= 0.6 is 0 Å². The Bertz CT molecular complexity index is 1290. The van der Waals surface area contributed by atoms with Gasteiger partial charge in [-0.2, -0.15) is 5.10 Å². The number of hydrazone groups is 1. The molecule has 1 aliphatic heterocycles. The smallest absolute Gasteiger partial charge is 0.274 e. The van der Waals surface area contributed by atoms with Gasteiger partial charge in [0.1, 0.15) is 0 Å². The molecule has 8 heteroatoms. The molecular formula is C25H26N4O3S. The summed E-state index contributed by atoms with van der Waals surface area (Å²) in [4.78, 5) is 15.4. The molecule has 0 bridgehead atoms. The van der Waals surface area contributed by atoms with Crippen molar-refractivity contribution in [3.8, 4) is 0 Å². The molecule has 1 N–H and O–H groups in total. The van der Waals surface area contributed by atoms with Crippen LogP contribution in [0.4, 0.5) is 11.4 Å². The average Bonchev–Trinajstić information content (AvgIpc) is 3.24. The van der Waals surface area contributed by atoms with Crippen molar-refractivity contribution in [2.75, 3.05) is 30.0 Å². The van der Waals surface area contributed by atoms with Gasteiger partial charge in [-0.1, -0.05) is 42.5 Å². The Morgan fingerprint density at radius 3 is 2.33 bits per heavy atom. The van der Waals surface area contributed by atoms with Crippen molar-refractivity contribution in [1.82, 2.24) is 5.01 Å². The summed E-state index contributed by atoms with van der Waals surface area (Å²) in [5, 5.41) is 6.23. The molecule has 3 aromatic rings. The number of nitrogens with zero attached hydrogens (tertiary/aromatic N) is 3. The summed E-state index contributed by atoms with van der Waals surface area (Å²) in [6.07, 6.45) is 1.63. The molecule has 3 aromatic carbocycles. The van der Waals surface area contributed by atoms with E-state index in [1.54, 1.807) is 30.3 Å². The van der Waals surface area contributed by atoms with Crippen LogP contribution in [0.3, 0.4) is 0 Å². The quantitative estimate of drug-likeness (QED) is 0.598. The van der Waals surface area contributed by atoms with E-state index in [0.29, 0.717) is 17.7 Å². The number of carbonyl (C=O) groups is 1. The van der Waals surface area contributed by atoms with Gasteiger partial charge in [-0.3, -0.25) is 9.52 Å². The Labute approximate surface area is 194 Å². The second kappa shape index (κ2) is 9.07. The average molecular weight is 463 g/mol. The molecule has 7 nitrogen and oxygen atoms in total. The van der Waals surface area contributed by atoms with E-state index in [9.17, 15) is 13.2 Å². The molecule has 0 spiro atoms. The number of amides is 1. The van der Waals surface area contributed by atoms with Gasteiger partial charge in [0.2, 0.25) is 10.0 Å². The van der Waals surface area contributed by atoms with Crippen molar-refractivity contribution in [2.24, 2.45) is 5.10 Å². The van der Waals surface area contributed by atoms with Gasteiger partial charge in [-0.05, 0) is 47.5 Å². The van der Waals surface area contributed by atoms with E-state index in [-0.39, 0.29) is 11.9 Å². The van der Waals surface area contributed by atoms with Crippen LogP contribution in [-0.4, -0.2) is 45.4 Å². The second-order valence-electron chi connectivity index (χ2n) is 8.22. The molecule has 1 unspecified atom stereocenters. The normalized spacial score (nSPS) is 15.8. The third kappa shape index (κ3) is 5.23. The minimum absolute atomic E-state index is 0.183. The van der Waals surface area contributed by atoms with E-state index in [4.69, 9.17) is 5.10 Å². The van der Waals surface area contributed by atoms with Crippen molar-refractivity contribution in [3.63, 3.8) is 0 Å². The lowest BCUT2D eigenvalue weighted by Crippen LogP contribution is -2.27. The lowest BCUT2D eigenvalue weighted by atomic mass is 9.97. The third-order valence-electron chi connectivity index (χ3n) is 5.43. The predicted molar refractivity (Wildman–Crippen MR) is 132 cm³/mol. The second-order valence-corrected chi connectivity index (χ2v) is 9.97. The number of carbonyl (C=O) groups excluding carboxylic acids is 1. The molecule has 1 heterocycles. The zero-order valence-electron chi connectivity index (χ0n) is 18.8. The number of sulfonamides is 1. The highest BCUT2D eigenvalue weighted by Crippen LogP contribution is 2.35. The van der Waals surface area contributed by atoms with Crippen molar-refractivity contribution in [1.29, 1.82) is 0 Å². The van der Waals surface area contributed by atoms with E-state index >= 15 is 0 Å². The van der Waals surface area contributed by atoms with Crippen molar-refractivity contribution >= 4 is 33.0 Å². The summed E-state index contributed by atoms with van der Waals surface area (Å²) >= 11 is 0. The molecule has 0 aliphatic carbocycles. The largest absolute Gasteiger partial charge is 0.378 e. The van der Waals surface area contributed by atoms with Crippen LogP contribution in [0.15, 0.2) is 84.0 Å². The van der Waals surface area contributed by atoms with Gasteiger partial charge >= 0.3 is 0 Å². The first-order valence-electron chi connectivity index (χ1n) is 10.5. The molecule has 0 saturated heterocycles. The van der Waals surface area contributed by atoms with Crippen molar-refractivity contribution < 1.29 is 13.2 Å². The first-order chi connectivity index (χ1) is 15.7. The summed E-state index contributed by atoms with van der Waals surface area (Å²) in [5.74, 6) is -0.183. The maximum atomic E-state index is 13.4. The maximum absolute atomic E-state index is 13.4. The Hall–Kier alpha value is -3.65. The van der Waals surface area contributed by atoms with Crippen LogP contribution in [0.25, 0.3) is 0 Å². The first-order valence-corrected chi connectivity index (χ1v) is 12.4. The third-order valence-corrected chi connectivity index (χ3v) is 6.04.